The van der Waals surface area contributed by atoms with Crippen LogP contribution in [0.3, 0.4) is 0 Å². The molecule has 0 fully saturated rings. The maximum absolute atomic E-state index is 5.90. The van der Waals surface area contributed by atoms with Gasteiger partial charge in [-0.15, -0.1) is 0 Å². The van der Waals surface area contributed by atoms with Gasteiger partial charge in [0.1, 0.15) is 0 Å². The first-order chi connectivity index (χ1) is 6.24. The van der Waals surface area contributed by atoms with Crippen molar-refractivity contribution in [3.63, 3.8) is 0 Å². The Morgan fingerprint density at radius 2 is 2.23 bits per heavy atom. The van der Waals surface area contributed by atoms with E-state index in [0.717, 1.165) is 5.02 Å². The van der Waals surface area contributed by atoms with Crippen molar-refractivity contribution in [2.45, 2.75) is 31.0 Å². The molecular formula is C11H14BrCl. The van der Waals surface area contributed by atoms with Crippen molar-refractivity contribution in [3.05, 3.63) is 34.9 Å². The van der Waals surface area contributed by atoms with Crippen molar-refractivity contribution in [2.75, 3.05) is 0 Å². The van der Waals surface area contributed by atoms with Gasteiger partial charge >= 0.3 is 0 Å². The van der Waals surface area contributed by atoms with Crippen LogP contribution in [0.1, 0.15) is 36.6 Å². The molecule has 0 heterocycles. The van der Waals surface area contributed by atoms with Crippen LogP contribution in [0.2, 0.25) is 5.02 Å². The third-order valence-corrected chi connectivity index (χ3v) is 3.24. The Morgan fingerprint density at radius 1 is 1.46 bits per heavy atom. The summed E-state index contributed by atoms with van der Waals surface area (Å²) in [6.45, 7) is 2.21. The van der Waals surface area contributed by atoms with Crippen LogP contribution in [0, 0.1) is 0 Å². The van der Waals surface area contributed by atoms with E-state index in [4.69, 9.17) is 11.6 Å². The first-order valence-electron chi connectivity index (χ1n) is 4.63. The fourth-order valence-electron chi connectivity index (χ4n) is 1.25. The first-order valence-corrected chi connectivity index (χ1v) is 5.93. The molecule has 0 saturated heterocycles. The minimum absolute atomic E-state index is 0.450. The third kappa shape index (κ3) is 3.70. The predicted octanol–water partition coefficient (Wildman–Crippen LogP) is 4.97. The van der Waals surface area contributed by atoms with Gasteiger partial charge in [-0.05, 0) is 24.1 Å². The van der Waals surface area contributed by atoms with Gasteiger partial charge in [-0.2, -0.15) is 0 Å². The average Bonchev–Trinajstić information content (AvgIpc) is 2.14. The van der Waals surface area contributed by atoms with Crippen LogP contribution in [0.4, 0.5) is 0 Å². The summed E-state index contributed by atoms with van der Waals surface area (Å²) < 4.78 is 0. The van der Waals surface area contributed by atoms with Gasteiger partial charge in [-0.1, -0.05) is 59.4 Å². The molecule has 1 unspecified atom stereocenters. The SMILES string of the molecule is CCCCC(Br)c1cccc(Cl)c1. The molecule has 1 atom stereocenters. The lowest BCUT2D eigenvalue weighted by molar-refractivity contribution is 0.713. The highest BCUT2D eigenvalue weighted by atomic mass is 79.9. The number of alkyl halides is 1. The average molecular weight is 262 g/mol. The van der Waals surface area contributed by atoms with Crippen LogP contribution in [-0.2, 0) is 0 Å². The molecule has 0 aromatic heterocycles. The lowest BCUT2D eigenvalue weighted by atomic mass is 10.1. The summed E-state index contributed by atoms with van der Waals surface area (Å²) in [6.07, 6.45) is 3.67. The summed E-state index contributed by atoms with van der Waals surface area (Å²) >= 11 is 9.56. The monoisotopic (exact) mass is 260 g/mol. The van der Waals surface area contributed by atoms with Gasteiger partial charge in [-0.25, -0.2) is 0 Å². The standard InChI is InChI=1S/C11H14BrCl/c1-2-3-7-11(12)9-5-4-6-10(13)8-9/h4-6,8,11H,2-3,7H2,1H3. The van der Waals surface area contributed by atoms with Crippen molar-refractivity contribution in [3.8, 4) is 0 Å². The van der Waals surface area contributed by atoms with Gasteiger partial charge in [0, 0.05) is 9.85 Å². The van der Waals surface area contributed by atoms with Crippen LogP contribution in [0.25, 0.3) is 0 Å². The summed E-state index contributed by atoms with van der Waals surface area (Å²) in [5.41, 5.74) is 1.28. The normalized spacial score (nSPS) is 12.8. The lowest BCUT2D eigenvalue weighted by Crippen LogP contribution is -1.89. The Labute approximate surface area is 93.4 Å². The topological polar surface area (TPSA) is 0 Å². The zero-order valence-electron chi connectivity index (χ0n) is 7.76. The van der Waals surface area contributed by atoms with Crippen LogP contribution in [0.15, 0.2) is 24.3 Å². The van der Waals surface area contributed by atoms with Crippen LogP contribution < -0.4 is 0 Å². The van der Waals surface area contributed by atoms with Gasteiger partial charge < -0.3 is 0 Å². The molecule has 1 aromatic rings. The minimum Gasteiger partial charge on any atom is -0.0843 e. The molecule has 0 aliphatic heterocycles. The molecule has 0 aliphatic carbocycles. The number of hydrogen-bond acceptors (Lipinski definition) is 0. The Balaban J connectivity index is 2.60. The molecule has 1 rings (SSSR count). The molecule has 0 spiro atoms. The summed E-state index contributed by atoms with van der Waals surface area (Å²) in [6, 6.07) is 8.04. The molecule has 0 radical (unpaired) electrons. The lowest BCUT2D eigenvalue weighted by Gasteiger charge is -2.09. The van der Waals surface area contributed by atoms with E-state index in [1.807, 2.05) is 18.2 Å². The largest absolute Gasteiger partial charge is 0.0843 e. The quantitative estimate of drug-likeness (QED) is 0.672. The summed E-state index contributed by atoms with van der Waals surface area (Å²) in [5, 5.41) is 0.818. The second-order valence-electron chi connectivity index (χ2n) is 3.16. The zero-order valence-corrected chi connectivity index (χ0v) is 10.1. The van der Waals surface area contributed by atoms with E-state index < -0.39 is 0 Å². The molecule has 0 bridgehead atoms. The van der Waals surface area contributed by atoms with Gasteiger partial charge in [0.2, 0.25) is 0 Å². The molecule has 13 heavy (non-hydrogen) atoms. The third-order valence-electron chi connectivity index (χ3n) is 2.02. The highest BCUT2D eigenvalue weighted by Crippen LogP contribution is 2.29. The van der Waals surface area contributed by atoms with Crippen molar-refractivity contribution < 1.29 is 0 Å². The van der Waals surface area contributed by atoms with Crippen molar-refractivity contribution >= 4 is 27.5 Å². The second kappa shape index (κ2) is 5.66. The molecule has 2 heteroatoms. The Morgan fingerprint density at radius 3 is 2.85 bits per heavy atom. The summed E-state index contributed by atoms with van der Waals surface area (Å²) in [5.74, 6) is 0. The summed E-state index contributed by atoms with van der Waals surface area (Å²) in [7, 11) is 0. The Kier molecular flexibility index (Phi) is 4.82. The molecular weight excluding hydrogens is 247 g/mol. The van der Waals surface area contributed by atoms with Crippen LogP contribution >= 0.6 is 27.5 Å². The summed E-state index contributed by atoms with van der Waals surface area (Å²) in [4.78, 5) is 0.450. The Hall–Kier alpha value is -0.0100. The van der Waals surface area contributed by atoms with E-state index in [1.165, 1.54) is 24.8 Å². The van der Waals surface area contributed by atoms with Crippen LogP contribution in [0.5, 0.6) is 0 Å². The Bertz CT molecular complexity index is 260. The van der Waals surface area contributed by atoms with E-state index in [1.54, 1.807) is 0 Å². The molecule has 0 aliphatic rings. The van der Waals surface area contributed by atoms with Gasteiger partial charge in [0.25, 0.3) is 0 Å². The minimum atomic E-state index is 0.450. The predicted molar refractivity (Wildman–Crippen MR) is 62.6 cm³/mol. The van der Waals surface area contributed by atoms with Gasteiger partial charge in [0.15, 0.2) is 0 Å². The maximum atomic E-state index is 5.90. The highest BCUT2D eigenvalue weighted by molar-refractivity contribution is 9.09. The van der Waals surface area contributed by atoms with E-state index in [9.17, 15) is 0 Å². The van der Waals surface area contributed by atoms with Crippen LogP contribution in [-0.4, -0.2) is 0 Å². The molecule has 72 valence electrons. The van der Waals surface area contributed by atoms with Crippen molar-refractivity contribution in [1.82, 2.24) is 0 Å². The van der Waals surface area contributed by atoms with E-state index in [2.05, 4.69) is 28.9 Å². The van der Waals surface area contributed by atoms with Gasteiger partial charge in [0.05, 0.1) is 0 Å². The van der Waals surface area contributed by atoms with Gasteiger partial charge in [-0.3, -0.25) is 0 Å². The van der Waals surface area contributed by atoms with E-state index in [0.29, 0.717) is 4.83 Å². The highest BCUT2D eigenvalue weighted by Gasteiger charge is 2.06. The molecule has 0 N–H and O–H groups in total. The second-order valence-corrected chi connectivity index (χ2v) is 4.71. The number of halogens is 2. The molecule has 1 aromatic carbocycles. The fourth-order valence-corrected chi connectivity index (χ4v) is 2.06. The first kappa shape index (κ1) is 11.1. The number of hydrogen-bond donors (Lipinski definition) is 0. The molecule has 0 nitrogen and oxygen atoms in total. The maximum Gasteiger partial charge on any atom is 0.0409 e. The number of rotatable bonds is 4. The van der Waals surface area contributed by atoms with E-state index in [-0.39, 0.29) is 0 Å². The smallest absolute Gasteiger partial charge is 0.0409 e. The number of unbranched alkanes of at least 4 members (excludes halogenated alkanes) is 1. The zero-order chi connectivity index (χ0) is 9.68. The molecule has 0 amide bonds. The number of benzene rings is 1. The molecule has 0 saturated carbocycles. The van der Waals surface area contributed by atoms with Crippen molar-refractivity contribution in [2.24, 2.45) is 0 Å². The van der Waals surface area contributed by atoms with Crippen molar-refractivity contribution in [1.29, 1.82) is 0 Å². The van der Waals surface area contributed by atoms with E-state index >= 15 is 0 Å². The fraction of sp³-hybridized carbons (Fsp3) is 0.455.